The van der Waals surface area contributed by atoms with Crippen molar-refractivity contribution < 1.29 is 4.42 Å². The van der Waals surface area contributed by atoms with Crippen LogP contribution in [0.5, 0.6) is 0 Å². The predicted molar refractivity (Wildman–Crippen MR) is 220 cm³/mol. The molecule has 54 heavy (non-hydrogen) atoms. The maximum Gasteiger partial charge on any atom is 0.137 e. The maximum atomic E-state index is 6.50. The summed E-state index contributed by atoms with van der Waals surface area (Å²) in [6, 6.07) is 60.9. The average Bonchev–Trinajstić information content (AvgIpc) is 3.94. The van der Waals surface area contributed by atoms with Gasteiger partial charge in [0, 0.05) is 39.2 Å². The van der Waals surface area contributed by atoms with E-state index < -0.39 is 0 Å². The van der Waals surface area contributed by atoms with Gasteiger partial charge >= 0.3 is 0 Å². The molecule has 7 aromatic carbocycles. The Labute approximate surface area is 315 Å². The molecule has 258 valence electrons. The van der Waals surface area contributed by atoms with Crippen LogP contribution in [0.2, 0.25) is 0 Å². The molecule has 13 rings (SSSR count). The second-order valence-corrected chi connectivity index (χ2v) is 16.9. The quantitative estimate of drug-likeness (QED) is 0.178. The van der Waals surface area contributed by atoms with Crippen molar-refractivity contribution in [1.29, 1.82) is 0 Å². The molecule has 6 unspecified atom stereocenters. The van der Waals surface area contributed by atoms with E-state index >= 15 is 0 Å². The minimum atomic E-state index is 0.112. The lowest BCUT2D eigenvalue weighted by Gasteiger charge is -2.70. The van der Waals surface area contributed by atoms with Crippen LogP contribution in [0.3, 0.4) is 0 Å². The largest absolute Gasteiger partial charge is 0.456 e. The third kappa shape index (κ3) is 3.58. The topological polar surface area (TPSA) is 16.4 Å². The summed E-state index contributed by atoms with van der Waals surface area (Å²) in [7, 11) is 0. The molecule has 2 heteroatoms. The molecular weight excluding hydrogens is 655 g/mol. The highest BCUT2D eigenvalue weighted by atomic mass is 16.3. The van der Waals surface area contributed by atoms with Gasteiger partial charge in [-0.2, -0.15) is 0 Å². The lowest BCUT2D eigenvalue weighted by molar-refractivity contribution is -0.193. The Kier molecular flexibility index (Phi) is 5.71. The van der Waals surface area contributed by atoms with E-state index in [4.69, 9.17) is 4.42 Å². The molecule has 6 atom stereocenters. The van der Waals surface area contributed by atoms with Crippen LogP contribution in [0.4, 0.5) is 17.1 Å². The summed E-state index contributed by atoms with van der Waals surface area (Å²) < 4.78 is 6.50. The summed E-state index contributed by atoms with van der Waals surface area (Å²) in [5.74, 6) is 3.40. The Morgan fingerprint density at radius 1 is 0.463 bits per heavy atom. The normalized spacial score (nSPS) is 26.4. The van der Waals surface area contributed by atoms with E-state index in [1.54, 1.807) is 11.1 Å². The molecule has 8 aromatic rings. The van der Waals surface area contributed by atoms with Crippen molar-refractivity contribution in [3.05, 3.63) is 175 Å². The zero-order chi connectivity index (χ0) is 35.2. The van der Waals surface area contributed by atoms with Gasteiger partial charge in [-0.1, -0.05) is 115 Å². The molecule has 0 saturated heterocycles. The van der Waals surface area contributed by atoms with Gasteiger partial charge in [0.2, 0.25) is 0 Å². The van der Waals surface area contributed by atoms with Gasteiger partial charge in [-0.3, -0.25) is 0 Å². The van der Waals surface area contributed by atoms with Crippen LogP contribution in [0, 0.1) is 29.1 Å². The molecule has 5 aliphatic carbocycles. The highest BCUT2D eigenvalue weighted by molar-refractivity contribution is 6.06. The van der Waals surface area contributed by atoms with E-state index in [2.05, 4.69) is 169 Å². The Hall–Kier alpha value is -5.86. The van der Waals surface area contributed by atoms with Crippen LogP contribution in [0.1, 0.15) is 36.8 Å². The van der Waals surface area contributed by atoms with Crippen molar-refractivity contribution in [2.75, 3.05) is 4.90 Å². The second kappa shape index (κ2) is 10.4. The molecule has 2 spiro atoms. The zero-order valence-electron chi connectivity index (χ0n) is 30.1. The van der Waals surface area contributed by atoms with Crippen LogP contribution in [0.15, 0.2) is 168 Å². The molecule has 1 heterocycles. The number of para-hydroxylation sites is 2. The second-order valence-electron chi connectivity index (χ2n) is 16.9. The fourth-order valence-electron chi connectivity index (χ4n) is 13.0. The molecule has 5 aliphatic rings. The summed E-state index contributed by atoms with van der Waals surface area (Å²) in [6.07, 6.45) is 5.71. The van der Waals surface area contributed by atoms with E-state index in [0.29, 0.717) is 5.41 Å². The van der Waals surface area contributed by atoms with Crippen LogP contribution in [-0.4, -0.2) is 0 Å². The monoisotopic (exact) mass is 693 g/mol. The lowest BCUT2D eigenvalue weighted by atomic mass is 9.34. The van der Waals surface area contributed by atoms with Gasteiger partial charge in [0.05, 0.1) is 5.69 Å². The summed E-state index contributed by atoms with van der Waals surface area (Å²) >= 11 is 0. The van der Waals surface area contributed by atoms with Crippen molar-refractivity contribution in [1.82, 2.24) is 0 Å². The van der Waals surface area contributed by atoms with E-state index in [1.165, 1.54) is 64.8 Å². The average molecular weight is 694 g/mol. The molecule has 4 fully saturated rings. The van der Waals surface area contributed by atoms with Crippen LogP contribution in [0.25, 0.3) is 55.3 Å². The fraction of sp³-hybridized carbons (Fsp3) is 0.192. The molecule has 4 saturated carbocycles. The van der Waals surface area contributed by atoms with Gasteiger partial charge in [0.1, 0.15) is 11.2 Å². The number of hydrogen-bond donors (Lipinski definition) is 0. The van der Waals surface area contributed by atoms with Gasteiger partial charge in [-0.25, -0.2) is 0 Å². The van der Waals surface area contributed by atoms with Crippen molar-refractivity contribution in [3.63, 3.8) is 0 Å². The summed E-state index contributed by atoms with van der Waals surface area (Å²) in [5.41, 5.74) is 17.1. The molecule has 0 aliphatic heterocycles. The van der Waals surface area contributed by atoms with Gasteiger partial charge in [0.25, 0.3) is 0 Å². The first kappa shape index (κ1) is 29.6. The third-order valence-corrected chi connectivity index (χ3v) is 15.0. The zero-order valence-corrected chi connectivity index (χ0v) is 30.1. The Balaban J connectivity index is 1.04. The smallest absolute Gasteiger partial charge is 0.137 e. The summed E-state index contributed by atoms with van der Waals surface area (Å²) in [6.45, 7) is 0. The molecular formula is C52H39NO. The number of anilines is 3. The minimum absolute atomic E-state index is 0.112. The predicted octanol–water partition coefficient (Wildman–Crippen LogP) is 13.7. The highest BCUT2D eigenvalue weighted by Crippen LogP contribution is 2.88. The molecule has 0 N–H and O–H groups in total. The van der Waals surface area contributed by atoms with Gasteiger partial charge < -0.3 is 9.32 Å². The Morgan fingerprint density at radius 2 is 1.17 bits per heavy atom. The van der Waals surface area contributed by atoms with Crippen molar-refractivity contribution in [2.45, 2.75) is 31.1 Å². The SMILES string of the molecule is c1ccc(-c2ccc3c(c2)C2(c4ccc(N(c5ccc6c(c5)oc5ccccc56)c5ccccc5-c5ccccc5)cc4-3)C3CC4CC5CC2C45C3)cc1. The number of hydrogen-bond acceptors (Lipinski definition) is 2. The Bertz CT molecular complexity index is 2830. The molecule has 0 amide bonds. The van der Waals surface area contributed by atoms with Gasteiger partial charge in [0.15, 0.2) is 0 Å². The van der Waals surface area contributed by atoms with Crippen molar-refractivity contribution in [3.8, 4) is 33.4 Å². The van der Waals surface area contributed by atoms with E-state index in [-0.39, 0.29) is 5.41 Å². The molecule has 0 radical (unpaired) electrons. The maximum absolute atomic E-state index is 6.50. The van der Waals surface area contributed by atoms with Crippen molar-refractivity contribution in [2.24, 2.45) is 29.1 Å². The number of nitrogens with zero attached hydrogens (tertiary/aromatic N) is 1. The third-order valence-electron chi connectivity index (χ3n) is 15.0. The van der Waals surface area contributed by atoms with Crippen LogP contribution < -0.4 is 4.90 Å². The Morgan fingerprint density at radius 3 is 2.02 bits per heavy atom. The first-order valence-corrected chi connectivity index (χ1v) is 19.9. The molecule has 1 aromatic heterocycles. The fourth-order valence-corrected chi connectivity index (χ4v) is 13.0. The van der Waals surface area contributed by atoms with Crippen molar-refractivity contribution >= 4 is 39.0 Å². The number of fused-ring (bicyclic) bond motifs is 11. The first-order chi connectivity index (χ1) is 26.7. The summed E-state index contributed by atoms with van der Waals surface area (Å²) in [5, 5.41) is 2.30. The minimum Gasteiger partial charge on any atom is -0.456 e. The summed E-state index contributed by atoms with van der Waals surface area (Å²) in [4.78, 5) is 2.47. The van der Waals surface area contributed by atoms with Crippen LogP contribution in [-0.2, 0) is 5.41 Å². The number of benzene rings is 7. The molecule has 2 nitrogen and oxygen atoms in total. The molecule has 2 bridgehead atoms. The van der Waals surface area contributed by atoms with E-state index in [0.717, 1.165) is 57.0 Å². The number of rotatable bonds is 5. The lowest BCUT2D eigenvalue weighted by Crippen LogP contribution is -2.65. The van der Waals surface area contributed by atoms with Crippen LogP contribution >= 0.6 is 0 Å². The van der Waals surface area contributed by atoms with E-state index in [1.807, 2.05) is 0 Å². The standard InChI is InChI=1S/C52H39NO/c1-3-11-32(12-4-1)34-19-22-41-44-29-38(21-24-45(44)52(46(41)25-34)37-27-35-26-36-28-50(52)51(35,36)31-37)53(47-17-9-7-15-40(47)33-13-5-2-6-14-33)39-20-23-43-42-16-8-10-18-48(42)54-49(43)30-39/h1-25,29-30,35-37,50H,26-28,31H2. The first-order valence-electron chi connectivity index (χ1n) is 19.9. The van der Waals surface area contributed by atoms with E-state index in [9.17, 15) is 0 Å². The van der Waals surface area contributed by atoms with Gasteiger partial charge in [-0.15, -0.1) is 0 Å². The number of furan rings is 1. The van der Waals surface area contributed by atoms with Gasteiger partial charge in [-0.05, 0) is 136 Å². The highest BCUT2D eigenvalue weighted by Gasteiger charge is 2.82.